The fourth-order valence-electron chi connectivity index (χ4n) is 2.85. The summed E-state index contributed by atoms with van der Waals surface area (Å²) in [5.74, 6) is 0. The number of nitrogens with zero attached hydrogens (tertiary/aromatic N) is 2. The van der Waals surface area contributed by atoms with E-state index in [0.29, 0.717) is 10.5 Å². The molecule has 3 rings (SSSR count). The average molecular weight is 226 g/mol. The molecule has 76 valence electrons. The van der Waals surface area contributed by atoms with Crippen molar-refractivity contribution >= 4 is 33.6 Å². The molecule has 0 bridgehead atoms. The van der Waals surface area contributed by atoms with Gasteiger partial charge in [-0.2, -0.15) is 0 Å². The maximum Gasteiger partial charge on any atom is 0.0982 e. The fraction of sp³-hybridized carbons (Fsp3) is 0.800. The predicted octanol–water partition coefficient (Wildman–Crippen LogP) is 2.59. The molecule has 4 atom stereocenters. The van der Waals surface area contributed by atoms with E-state index in [1.54, 1.807) is 0 Å². The van der Waals surface area contributed by atoms with Crippen LogP contribution in [0.3, 0.4) is 0 Å². The molecule has 0 aromatic rings. The van der Waals surface area contributed by atoms with Crippen molar-refractivity contribution in [1.29, 1.82) is 0 Å². The van der Waals surface area contributed by atoms with Crippen LogP contribution < -0.4 is 0 Å². The van der Waals surface area contributed by atoms with E-state index >= 15 is 0 Å². The zero-order chi connectivity index (χ0) is 10.1. The predicted molar refractivity (Wildman–Crippen MR) is 65.8 cm³/mol. The Kier molecular flexibility index (Phi) is 1.59. The average Bonchev–Trinajstić information content (AvgIpc) is 2.50. The Morgan fingerprint density at radius 3 is 1.64 bits per heavy atom. The second-order valence-electron chi connectivity index (χ2n) is 4.63. The van der Waals surface area contributed by atoms with Gasteiger partial charge in [0.05, 0.1) is 31.7 Å². The standard InChI is InChI=1S/C10H14N2S2/c1-5-11-9(3)7(13-5)8-10(9,4)12-6(2)14-8/h7-8H,1-4H3. The SMILES string of the molecule is CC1=NC2(C)C(S1)C1SC(C)=NC12C. The topological polar surface area (TPSA) is 24.7 Å². The first-order valence-corrected chi connectivity index (χ1v) is 6.69. The van der Waals surface area contributed by atoms with Gasteiger partial charge in [-0.15, -0.1) is 23.5 Å². The third kappa shape index (κ3) is 0.792. The Labute approximate surface area is 93.0 Å². The number of aliphatic imine (C=N–C) groups is 2. The van der Waals surface area contributed by atoms with E-state index in [1.165, 1.54) is 10.1 Å². The van der Waals surface area contributed by atoms with E-state index in [1.807, 2.05) is 23.5 Å². The van der Waals surface area contributed by atoms with Crippen LogP contribution in [-0.4, -0.2) is 31.7 Å². The van der Waals surface area contributed by atoms with Gasteiger partial charge in [-0.1, -0.05) is 0 Å². The molecule has 4 unspecified atom stereocenters. The van der Waals surface area contributed by atoms with E-state index in [2.05, 4.69) is 27.7 Å². The van der Waals surface area contributed by atoms with Gasteiger partial charge in [-0.25, -0.2) is 0 Å². The van der Waals surface area contributed by atoms with Crippen LogP contribution in [0.25, 0.3) is 0 Å². The molecule has 0 saturated heterocycles. The third-order valence-electron chi connectivity index (χ3n) is 3.78. The first-order chi connectivity index (χ1) is 6.47. The highest BCUT2D eigenvalue weighted by Crippen LogP contribution is 2.64. The lowest BCUT2D eigenvalue weighted by Gasteiger charge is -2.56. The fourth-order valence-corrected chi connectivity index (χ4v) is 6.22. The molecule has 2 aliphatic heterocycles. The van der Waals surface area contributed by atoms with Gasteiger partial charge in [0.15, 0.2) is 0 Å². The van der Waals surface area contributed by atoms with Crippen LogP contribution in [0.15, 0.2) is 9.98 Å². The van der Waals surface area contributed by atoms with Gasteiger partial charge in [0.1, 0.15) is 0 Å². The second kappa shape index (κ2) is 2.40. The molecule has 0 N–H and O–H groups in total. The summed E-state index contributed by atoms with van der Waals surface area (Å²) in [6.07, 6.45) is 0. The minimum Gasteiger partial charge on any atom is -0.273 e. The van der Waals surface area contributed by atoms with Crippen molar-refractivity contribution in [2.24, 2.45) is 9.98 Å². The number of hydrogen-bond donors (Lipinski definition) is 0. The maximum atomic E-state index is 4.80. The van der Waals surface area contributed by atoms with Crippen LogP contribution in [0.1, 0.15) is 27.7 Å². The van der Waals surface area contributed by atoms with E-state index in [0.717, 1.165) is 0 Å². The molecular formula is C10H14N2S2. The highest BCUT2D eigenvalue weighted by Gasteiger charge is 2.72. The van der Waals surface area contributed by atoms with Gasteiger partial charge < -0.3 is 0 Å². The minimum absolute atomic E-state index is 0.0666. The van der Waals surface area contributed by atoms with Crippen molar-refractivity contribution in [1.82, 2.24) is 0 Å². The lowest BCUT2D eigenvalue weighted by Crippen LogP contribution is -2.72. The summed E-state index contributed by atoms with van der Waals surface area (Å²) in [6.45, 7) is 8.77. The lowest BCUT2D eigenvalue weighted by atomic mass is 9.62. The summed E-state index contributed by atoms with van der Waals surface area (Å²) in [4.78, 5) is 9.59. The van der Waals surface area contributed by atoms with Gasteiger partial charge in [0.2, 0.25) is 0 Å². The van der Waals surface area contributed by atoms with Crippen LogP contribution in [0.5, 0.6) is 0 Å². The first-order valence-electron chi connectivity index (χ1n) is 4.93. The number of thioether (sulfide) groups is 2. The highest BCUT2D eigenvalue weighted by molar-refractivity contribution is 8.18. The van der Waals surface area contributed by atoms with Crippen molar-refractivity contribution in [2.45, 2.75) is 49.3 Å². The van der Waals surface area contributed by atoms with E-state index in [-0.39, 0.29) is 11.1 Å². The summed E-state index contributed by atoms with van der Waals surface area (Å²) < 4.78 is 0. The Hall–Kier alpha value is 0.0400. The molecule has 14 heavy (non-hydrogen) atoms. The van der Waals surface area contributed by atoms with Crippen LogP contribution in [0, 0.1) is 0 Å². The molecule has 4 heteroatoms. The number of fused-ring (bicyclic) bond motifs is 4. The molecular weight excluding hydrogens is 212 g/mol. The highest BCUT2D eigenvalue weighted by atomic mass is 32.2. The zero-order valence-electron chi connectivity index (χ0n) is 8.87. The summed E-state index contributed by atoms with van der Waals surface area (Å²) in [5.41, 5.74) is 0.133. The van der Waals surface area contributed by atoms with Crippen molar-refractivity contribution in [2.75, 3.05) is 0 Å². The smallest absolute Gasteiger partial charge is 0.0982 e. The number of hydrogen-bond acceptors (Lipinski definition) is 4. The molecule has 0 aromatic carbocycles. The van der Waals surface area contributed by atoms with E-state index < -0.39 is 0 Å². The molecule has 1 saturated carbocycles. The summed E-state index contributed by atoms with van der Waals surface area (Å²) in [6, 6.07) is 0. The molecule has 0 radical (unpaired) electrons. The minimum atomic E-state index is 0.0666. The Morgan fingerprint density at radius 1 is 0.929 bits per heavy atom. The molecule has 0 aromatic heterocycles. The zero-order valence-corrected chi connectivity index (χ0v) is 10.5. The maximum absolute atomic E-state index is 4.80. The van der Waals surface area contributed by atoms with Crippen LogP contribution in [-0.2, 0) is 0 Å². The van der Waals surface area contributed by atoms with E-state index in [4.69, 9.17) is 9.98 Å². The molecule has 1 aliphatic carbocycles. The van der Waals surface area contributed by atoms with Crippen LogP contribution in [0.2, 0.25) is 0 Å². The monoisotopic (exact) mass is 226 g/mol. The number of rotatable bonds is 0. The van der Waals surface area contributed by atoms with Gasteiger partial charge in [0.25, 0.3) is 0 Å². The van der Waals surface area contributed by atoms with Gasteiger partial charge >= 0.3 is 0 Å². The normalized spacial score (nSPS) is 54.6. The summed E-state index contributed by atoms with van der Waals surface area (Å²) in [7, 11) is 0. The second-order valence-corrected chi connectivity index (χ2v) is 7.30. The lowest BCUT2D eigenvalue weighted by molar-refractivity contribution is 0.159. The van der Waals surface area contributed by atoms with Crippen molar-refractivity contribution in [3.05, 3.63) is 0 Å². The van der Waals surface area contributed by atoms with E-state index in [9.17, 15) is 0 Å². The van der Waals surface area contributed by atoms with Crippen molar-refractivity contribution in [3.8, 4) is 0 Å². The molecule has 1 fully saturated rings. The largest absolute Gasteiger partial charge is 0.273 e. The molecule has 2 nitrogen and oxygen atoms in total. The quantitative estimate of drug-likeness (QED) is 0.634. The van der Waals surface area contributed by atoms with Gasteiger partial charge in [-0.05, 0) is 27.7 Å². The van der Waals surface area contributed by atoms with Crippen molar-refractivity contribution in [3.63, 3.8) is 0 Å². The third-order valence-corrected chi connectivity index (χ3v) is 6.79. The molecule has 0 amide bonds. The van der Waals surface area contributed by atoms with Gasteiger partial charge in [-0.3, -0.25) is 9.98 Å². The van der Waals surface area contributed by atoms with Crippen molar-refractivity contribution < 1.29 is 0 Å². The molecule has 0 spiro atoms. The Morgan fingerprint density at radius 2 is 1.29 bits per heavy atom. The Balaban J connectivity index is 2.07. The first kappa shape index (κ1) is 9.28. The van der Waals surface area contributed by atoms with Crippen LogP contribution in [0.4, 0.5) is 0 Å². The summed E-state index contributed by atoms with van der Waals surface area (Å²) in [5, 5.41) is 3.78. The Bertz CT molecular complexity index is 340. The molecule has 2 heterocycles. The van der Waals surface area contributed by atoms with Crippen LogP contribution >= 0.6 is 23.5 Å². The summed E-state index contributed by atoms with van der Waals surface area (Å²) >= 11 is 3.89. The van der Waals surface area contributed by atoms with Gasteiger partial charge in [0, 0.05) is 0 Å². The molecule has 3 aliphatic rings.